The van der Waals surface area contributed by atoms with Crippen molar-refractivity contribution in [3.05, 3.63) is 23.7 Å². The van der Waals surface area contributed by atoms with Gasteiger partial charge in [-0.05, 0) is 6.07 Å². The highest BCUT2D eigenvalue weighted by Crippen LogP contribution is 2.22. The summed E-state index contributed by atoms with van der Waals surface area (Å²) in [6, 6.07) is 1.55. The fourth-order valence-electron chi connectivity index (χ4n) is 1.19. The quantitative estimate of drug-likeness (QED) is 0.258. The third kappa shape index (κ3) is 2.57. The molecule has 0 bridgehead atoms. The van der Waals surface area contributed by atoms with Crippen LogP contribution in [-0.4, -0.2) is 21.1 Å². The molecule has 0 aliphatic rings. The van der Waals surface area contributed by atoms with Gasteiger partial charge in [-0.1, -0.05) is 11.8 Å². The van der Waals surface area contributed by atoms with Gasteiger partial charge in [0.25, 0.3) is 5.91 Å². The zero-order valence-corrected chi connectivity index (χ0v) is 9.45. The van der Waals surface area contributed by atoms with Gasteiger partial charge >= 0.3 is 0 Å². The van der Waals surface area contributed by atoms with Crippen molar-refractivity contribution in [3.8, 4) is 0 Å². The number of aromatic nitrogens is 3. The summed E-state index contributed by atoms with van der Waals surface area (Å²) in [5, 5.41) is 6.84. The summed E-state index contributed by atoms with van der Waals surface area (Å²) < 4.78 is 5.18. The number of aromatic amines is 1. The molecule has 1 amide bonds. The fraction of sp³-hybridized carbons (Fsp3) is 0.125. The van der Waals surface area contributed by atoms with Gasteiger partial charge in [0.1, 0.15) is 5.76 Å². The normalized spacial score (nSPS) is 10.4. The number of hydrazine groups is 1. The molecule has 0 saturated carbocycles. The zero-order chi connectivity index (χ0) is 12.3. The molecule has 0 aliphatic heterocycles. The van der Waals surface area contributed by atoms with E-state index in [0.29, 0.717) is 22.2 Å². The number of nitrogens with zero attached hydrogens (tertiary/aromatic N) is 2. The van der Waals surface area contributed by atoms with Crippen LogP contribution >= 0.6 is 11.8 Å². The lowest BCUT2D eigenvalue weighted by molar-refractivity contribution is 0.0952. The number of nitrogens with two attached hydrogens (primary N) is 2. The highest BCUT2D eigenvalue weighted by atomic mass is 32.2. The van der Waals surface area contributed by atoms with Gasteiger partial charge in [0.15, 0.2) is 0 Å². The Bertz CT molecular complexity index is 522. The van der Waals surface area contributed by atoms with E-state index in [1.807, 2.05) is 5.43 Å². The average molecular weight is 254 g/mol. The number of anilines is 1. The lowest BCUT2D eigenvalue weighted by Gasteiger charge is -1.99. The Morgan fingerprint density at radius 2 is 2.47 bits per heavy atom. The van der Waals surface area contributed by atoms with E-state index in [0.717, 1.165) is 0 Å². The van der Waals surface area contributed by atoms with Gasteiger partial charge in [0.2, 0.25) is 11.1 Å². The third-order valence-electron chi connectivity index (χ3n) is 1.94. The van der Waals surface area contributed by atoms with Gasteiger partial charge in [-0.25, -0.2) is 10.9 Å². The van der Waals surface area contributed by atoms with Gasteiger partial charge in [-0.2, -0.15) is 4.98 Å². The van der Waals surface area contributed by atoms with Gasteiger partial charge < -0.3 is 10.2 Å². The lowest BCUT2D eigenvalue weighted by Crippen LogP contribution is -2.30. The number of rotatable bonds is 4. The van der Waals surface area contributed by atoms with Crippen molar-refractivity contribution in [2.24, 2.45) is 5.84 Å². The van der Waals surface area contributed by atoms with Gasteiger partial charge in [-0.15, -0.1) is 5.10 Å². The number of H-pyrrole nitrogens is 1. The Balaban J connectivity index is 2.04. The van der Waals surface area contributed by atoms with E-state index in [1.165, 1.54) is 18.0 Å². The van der Waals surface area contributed by atoms with Gasteiger partial charge in [0.05, 0.1) is 17.6 Å². The lowest BCUT2D eigenvalue weighted by atomic mass is 10.2. The van der Waals surface area contributed by atoms with Crippen molar-refractivity contribution in [1.82, 2.24) is 20.6 Å². The minimum atomic E-state index is -0.399. The molecule has 0 aromatic carbocycles. The second-order valence-electron chi connectivity index (χ2n) is 3.02. The second kappa shape index (κ2) is 4.89. The zero-order valence-electron chi connectivity index (χ0n) is 8.64. The number of thioether (sulfide) groups is 1. The molecule has 0 unspecified atom stereocenters. The van der Waals surface area contributed by atoms with Crippen LogP contribution in [-0.2, 0) is 5.75 Å². The predicted molar refractivity (Wildman–Crippen MR) is 60.7 cm³/mol. The van der Waals surface area contributed by atoms with Crippen LogP contribution in [0.4, 0.5) is 5.95 Å². The first-order valence-electron chi connectivity index (χ1n) is 4.58. The Morgan fingerprint density at radius 3 is 3.12 bits per heavy atom. The molecule has 17 heavy (non-hydrogen) atoms. The maximum Gasteiger partial charge on any atom is 0.268 e. The van der Waals surface area contributed by atoms with Crippen LogP contribution in [0.3, 0.4) is 0 Å². The SMILES string of the molecule is NNC(=O)c1ccoc1CSc1n[nH]c(N)n1. The van der Waals surface area contributed by atoms with Crippen LogP contribution in [0.15, 0.2) is 21.9 Å². The standard InChI is InChI=1S/C8H10N6O2S/c9-7-11-8(14-13-7)17-3-5-4(1-2-16-5)6(15)12-10/h1-2H,3,10H2,(H,12,15)(H3,9,11,13,14). The molecule has 0 fully saturated rings. The average Bonchev–Trinajstić information content (AvgIpc) is 2.94. The molecule has 0 radical (unpaired) electrons. The molecule has 6 N–H and O–H groups in total. The van der Waals surface area contributed by atoms with Crippen molar-refractivity contribution in [1.29, 1.82) is 0 Å². The molecule has 9 heteroatoms. The van der Waals surface area contributed by atoms with Gasteiger partial charge in [-0.3, -0.25) is 10.2 Å². The number of carbonyl (C=O) groups excluding carboxylic acids is 1. The predicted octanol–water partition coefficient (Wildman–Crippen LogP) is -0.124. The number of nitrogen functional groups attached to an aromatic ring is 2. The number of furan rings is 1. The van der Waals surface area contributed by atoms with Crippen molar-refractivity contribution >= 4 is 23.6 Å². The molecule has 90 valence electrons. The Hall–Kier alpha value is -2.00. The minimum Gasteiger partial charge on any atom is -0.468 e. The monoisotopic (exact) mass is 254 g/mol. The number of hydrogen-bond donors (Lipinski definition) is 4. The molecule has 2 aromatic rings. The number of nitrogens with one attached hydrogen (secondary N) is 2. The largest absolute Gasteiger partial charge is 0.468 e. The Kier molecular flexibility index (Phi) is 3.30. The molecule has 2 heterocycles. The summed E-state index contributed by atoms with van der Waals surface area (Å²) in [6.07, 6.45) is 1.42. The topological polar surface area (TPSA) is 136 Å². The summed E-state index contributed by atoms with van der Waals surface area (Å²) in [5.41, 5.74) is 7.82. The molecule has 8 nitrogen and oxygen atoms in total. The molecule has 0 saturated heterocycles. The van der Waals surface area contributed by atoms with E-state index >= 15 is 0 Å². The van der Waals surface area contributed by atoms with Gasteiger partial charge in [0, 0.05) is 0 Å². The van der Waals surface area contributed by atoms with E-state index in [2.05, 4.69) is 15.2 Å². The van der Waals surface area contributed by atoms with E-state index in [-0.39, 0.29) is 5.95 Å². The molecule has 2 rings (SSSR count). The van der Waals surface area contributed by atoms with Crippen molar-refractivity contribution < 1.29 is 9.21 Å². The van der Waals surface area contributed by atoms with Crippen LogP contribution in [0.2, 0.25) is 0 Å². The number of amides is 1. The summed E-state index contributed by atoms with van der Waals surface area (Å²) in [7, 11) is 0. The van der Waals surface area contributed by atoms with E-state index in [1.54, 1.807) is 6.07 Å². The fourth-order valence-corrected chi connectivity index (χ4v) is 1.94. The first kappa shape index (κ1) is 11.5. The van der Waals surface area contributed by atoms with E-state index in [4.69, 9.17) is 16.0 Å². The molecular formula is C8H10N6O2S. The summed E-state index contributed by atoms with van der Waals surface area (Å²) in [6.45, 7) is 0. The molecule has 2 aromatic heterocycles. The summed E-state index contributed by atoms with van der Waals surface area (Å²) in [5.74, 6) is 5.80. The van der Waals surface area contributed by atoms with Crippen LogP contribution in [0, 0.1) is 0 Å². The number of carbonyl (C=O) groups is 1. The Labute approximate surface area is 100 Å². The molecular weight excluding hydrogens is 244 g/mol. The van der Waals surface area contributed by atoms with E-state index < -0.39 is 5.91 Å². The molecule has 0 aliphatic carbocycles. The maximum atomic E-state index is 11.3. The highest BCUT2D eigenvalue weighted by Gasteiger charge is 2.14. The van der Waals surface area contributed by atoms with Crippen molar-refractivity contribution in [2.75, 3.05) is 5.73 Å². The smallest absolute Gasteiger partial charge is 0.268 e. The molecule has 0 atom stereocenters. The first-order valence-corrected chi connectivity index (χ1v) is 5.57. The van der Waals surface area contributed by atoms with Crippen LogP contribution in [0.1, 0.15) is 16.1 Å². The third-order valence-corrected chi connectivity index (χ3v) is 2.78. The number of hydrogen-bond acceptors (Lipinski definition) is 7. The first-order chi connectivity index (χ1) is 8.20. The molecule has 0 spiro atoms. The maximum absolute atomic E-state index is 11.3. The highest BCUT2D eigenvalue weighted by molar-refractivity contribution is 7.98. The van der Waals surface area contributed by atoms with E-state index in [9.17, 15) is 4.79 Å². The van der Waals surface area contributed by atoms with Crippen LogP contribution in [0.25, 0.3) is 0 Å². The second-order valence-corrected chi connectivity index (χ2v) is 3.97. The Morgan fingerprint density at radius 1 is 1.65 bits per heavy atom. The van der Waals surface area contributed by atoms with Crippen LogP contribution < -0.4 is 17.0 Å². The summed E-state index contributed by atoms with van der Waals surface area (Å²) in [4.78, 5) is 15.3. The summed E-state index contributed by atoms with van der Waals surface area (Å²) >= 11 is 1.29. The van der Waals surface area contributed by atoms with Crippen molar-refractivity contribution in [3.63, 3.8) is 0 Å². The minimum absolute atomic E-state index is 0.242. The van der Waals surface area contributed by atoms with Crippen LogP contribution in [0.5, 0.6) is 0 Å². The van der Waals surface area contributed by atoms with Crippen molar-refractivity contribution in [2.45, 2.75) is 10.9 Å².